The monoisotopic (exact) mass is 376 g/mol. The van der Waals surface area contributed by atoms with Gasteiger partial charge in [0.25, 0.3) is 0 Å². The minimum absolute atomic E-state index is 0.00466. The molecule has 6 heteroatoms. The van der Waals surface area contributed by atoms with Crippen molar-refractivity contribution in [1.82, 2.24) is 10.3 Å². The van der Waals surface area contributed by atoms with E-state index in [2.05, 4.69) is 31.1 Å². The molecule has 1 aromatic rings. The average Bonchev–Trinajstić information content (AvgIpc) is 2.94. The molecule has 142 valence electrons. The Morgan fingerprint density at radius 2 is 2.15 bits per heavy atom. The summed E-state index contributed by atoms with van der Waals surface area (Å²) in [5.74, 6) is 0.550. The van der Waals surface area contributed by atoms with Crippen LogP contribution in [0, 0.1) is 16.7 Å². The fourth-order valence-electron chi connectivity index (χ4n) is 4.66. The number of thioether (sulfide) groups is 1. The summed E-state index contributed by atoms with van der Waals surface area (Å²) in [5, 5.41) is 3.79. The highest BCUT2D eigenvalue weighted by Crippen LogP contribution is 2.65. The zero-order valence-electron chi connectivity index (χ0n) is 16.0. The lowest BCUT2D eigenvalue weighted by atomic mass is 9.69. The molecular weight excluding hydrogens is 348 g/mol. The van der Waals surface area contributed by atoms with Gasteiger partial charge < -0.3 is 10.1 Å². The number of esters is 1. The van der Waals surface area contributed by atoms with E-state index < -0.39 is 5.97 Å². The minimum Gasteiger partial charge on any atom is -0.462 e. The van der Waals surface area contributed by atoms with E-state index in [9.17, 15) is 9.59 Å². The topological polar surface area (TPSA) is 68.3 Å². The van der Waals surface area contributed by atoms with Crippen LogP contribution < -0.4 is 5.32 Å². The molecule has 2 fully saturated rings. The van der Waals surface area contributed by atoms with Crippen LogP contribution in [0.4, 0.5) is 0 Å². The van der Waals surface area contributed by atoms with Crippen molar-refractivity contribution in [3.05, 3.63) is 23.9 Å². The second-order valence-corrected chi connectivity index (χ2v) is 9.06. The predicted molar refractivity (Wildman–Crippen MR) is 102 cm³/mol. The molecule has 2 aliphatic rings. The summed E-state index contributed by atoms with van der Waals surface area (Å²) in [6, 6.07) is 3.62. The zero-order valence-corrected chi connectivity index (χ0v) is 16.8. The van der Waals surface area contributed by atoms with Gasteiger partial charge in [-0.05, 0) is 55.1 Å². The van der Waals surface area contributed by atoms with Gasteiger partial charge in [-0.3, -0.25) is 4.79 Å². The van der Waals surface area contributed by atoms with Gasteiger partial charge in [0.05, 0.1) is 17.9 Å². The quantitative estimate of drug-likeness (QED) is 0.606. The molecule has 3 atom stereocenters. The van der Waals surface area contributed by atoms with Gasteiger partial charge in [-0.25, -0.2) is 9.78 Å². The van der Waals surface area contributed by atoms with Crippen LogP contribution in [0.25, 0.3) is 0 Å². The third-order valence-electron chi connectivity index (χ3n) is 6.74. The number of rotatable bonds is 6. The SMILES string of the molecule is CCOC(=O)c1cccnc1SCC(=O)NC1CC2CCC1(C)C2(C)C. The number of carbonyl (C=O) groups is 2. The van der Waals surface area contributed by atoms with Crippen molar-refractivity contribution < 1.29 is 14.3 Å². The standard InChI is InChI=1S/C20H28N2O3S/c1-5-25-18(24)14-7-6-10-21-17(14)26-12-16(23)22-15-11-13-8-9-20(15,4)19(13,2)3/h6-7,10,13,15H,5,8-9,11-12H2,1-4H3,(H,22,23). The van der Waals surface area contributed by atoms with Gasteiger partial charge in [0, 0.05) is 12.2 Å². The molecule has 0 radical (unpaired) electrons. The van der Waals surface area contributed by atoms with Crippen LogP contribution in [0.15, 0.2) is 23.4 Å². The van der Waals surface area contributed by atoms with E-state index in [4.69, 9.17) is 4.74 Å². The zero-order chi connectivity index (χ0) is 18.9. The first-order valence-electron chi connectivity index (χ1n) is 9.34. The van der Waals surface area contributed by atoms with Crippen LogP contribution in [0.5, 0.6) is 0 Å². The predicted octanol–water partition coefficient (Wildman–Crippen LogP) is 3.68. The first kappa shape index (κ1) is 19.2. The molecule has 1 heterocycles. The molecule has 1 N–H and O–H groups in total. The van der Waals surface area contributed by atoms with Gasteiger partial charge >= 0.3 is 5.97 Å². The second kappa shape index (κ2) is 7.22. The van der Waals surface area contributed by atoms with Crippen molar-refractivity contribution in [3.63, 3.8) is 0 Å². The third kappa shape index (κ3) is 3.24. The van der Waals surface area contributed by atoms with Gasteiger partial charge in [0.2, 0.25) is 5.91 Å². The van der Waals surface area contributed by atoms with Crippen LogP contribution in [-0.4, -0.2) is 35.3 Å². The number of nitrogens with one attached hydrogen (secondary N) is 1. The van der Waals surface area contributed by atoms with E-state index in [1.54, 1.807) is 25.3 Å². The number of hydrogen-bond donors (Lipinski definition) is 1. The molecule has 0 aliphatic heterocycles. The van der Waals surface area contributed by atoms with Gasteiger partial charge in [0.15, 0.2) is 0 Å². The number of ether oxygens (including phenoxy) is 1. The fraction of sp³-hybridized carbons (Fsp3) is 0.650. The fourth-order valence-corrected chi connectivity index (χ4v) is 5.46. The van der Waals surface area contributed by atoms with Gasteiger partial charge in [0.1, 0.15) is 5.03 Å². The van der Waals surface area contributed by atoms with Crippen molar-refractivity contribution in [1.29, 1.82) is 0 Å². The van der Waals surface area contributed by atoms with E-state index in [0.29, 0.717) is 23.1 Å². The first-order chi connectivity index (χ1) is 12.3. The third-order valence-corrected chi connectivity index (χ3v) is 7.74. The lowest BCUT2D eigenvalue weighted by molar-refractivity contribution is -0.120. The number of hydrogen-bond acceptors (Lipinski definition) is 5. The van der Waals surface area contributed by atoms with Gasteiger partial charge in [-0.1, -0.05) is 32.5 Å². The van der Waals surface area contributed by atoms with E-state index in [1.807, 2.05) is 0 Å². The van der Waals surface area contributed by atoms with Crippen LogP contribution in [0.2, 0.25) is 0 Å². The largest absolute Gasteiger partial charge is 0.462 e. The summed E-state index contributed by atoms with van der Waals surface area (Å²) in [5.41, 5.74) is 0.857. The number of nitrogens with zero attached hydrogens (tertiary/aromatic N) is 1. The highest BCUT2D eigenvalue weighted by molar-refractivity contribution is 8.00. The molecule has 1 amide bonds. The number of fused-ring (bicyclic) bond motifs is 2. The Hall–Kier alpha value is -1.56. The molecule has 0 aromatic carbocycles. The van der Waals surface area contributed by atoms with E-state index in [1.165, 1.54) is 24.6 Å². The van der Waals surface area contributed by atoms with Gasteiger partial charge in [-0.15, -0.1) is 0 Å². The Kier molecular flexibility index (Phi) is 5.33. The Bertz CT molecular complexity index is 706. The van der Waals surface area contributed by atoms with Crippen LogP contribution in [0.1, 0.15) is 57.3 Å². The summed E-state index contributed by atoms with van der Waals surface area (Å²) in [6.45, 7) is 9.08. The highest BCUT2D eigenvalue weighted by atomic mass is 32.2. The number of pyridine rings is 1. The average molecular weight is 377 g/mol. The summed E-state index contributed by atoms with van der Waals surface area (Å²) < 4.78 is 5.06. The molecule has 3 rings (SSSR count). The maximum absolute atomic E-state index is 12.5. The van der Waals surface area contributed by atoms with Crippen LogP contribution in [0.3, 0.4) is 0 Å². The Morgan fingerprint density at radius 3 is 2.77 bits per heavy atom. The second-order valence-electron chi connectivity index (χ2n) is 8.10. The molecule has 0 spiro atoms. The highest BCUT2D eigenvalue weighted by Gasteiger charge is 2.61. The van der Waals surface area contributed by atoms with Crippen LogP contribution in [-0.2, 0) is 9.53 Å². The normalized spacial score (nSPS) is 28.8. The molecule has 0 saturated heterocycles. The summed E-state index contributed by atoms with van der Waals surface area (Å²) in [7, 11) is 0. The van der Waals surface area contributed by atoms with Crippen molar-refractivity contribution in [2.75, 3.05) is 12.4 Å². The molecule has 2 bridgehead atoms. The summed E-state index contributed by atoms with van der Waals surface area (Å²) in [6.07, 6.45) is 5.14. The first-order valence-corrected chi connectivity index (χ1v) is 10.3. The molecule has 2 aliphatic carbocycles. The molecule has 2 saturated carbocycles. The molecule has 5 nitrogen and oxygen atoms in total. The van der Waals surface area contributed by atoms with E-state index >= 15 is 0 Å². The summed E-state index contributed by atoms with van der Waals surface area (Å²) >= 11 is 1.29. The Balaban J connectivity index is 1.60. The molecule has 3 unspecified atom stereocenters. The molecular formula is C20H28N2O3S. The molecule has 26 heavy (non-hydrogen) atoms. The Labute approximate surface area is 159 Å². The maximum atomic E-state index is 12.5. The minimum atomic E-state index is -0.397. The van der Waals surface area contributed by atoms with Gasteiger partial charge in [-0.2, -0.15) is 0 Å². The smallest absolute Gasteiger partial charge is 0.340 e. The van der Waals surface area contributed by atoms with E-state index in [0.717, 1.165) is 6.42 Å². The van der Waals surface area contributed by atoms with Crippen LogP contribution >= 0.6 is 11.8 Å². The van der Waals surface area contributed by atoms with E-state index in [-0.39, 0.29) is 28.5 Å². The lowest BCUT2D eigenvalue weighted by Crippen LogP contribution is -2.47. The lowest BCUT2D eigenvalue weighted by Gasteiger charge is -2.39. The number of amides is 1. The maximum Gasteiger partial charge on any atom is 0.340 e. The van der Waals surface area contributed by atoms with Crippen molar-refractivity contribution in [2.24, 2.45) is 16.7 Å². The molecule has 1 aromatic heterocycles. The summed E-state index contributed by atoms with van der Waals surface area (Å²) in [4.78, 5) is 28.8. The van der Waals surface area contributed by atoms with Crippen molar-refractivity contribution >= 4 is 23.6 Å². The van der Waals surface area contributed by atoms with Crippen molar-refractivity contribution in [3.8, 4) is 0 Å². The number of aromatic nitrogens is 1. The number of carbonyl (C=O) groups excluding carboxylic acids is 2. The Morgan fingerprint density at radius 1 is 1.38 bits per heavy atom. The van der Waals surface area contributed by atoms with Crippen molar-refractivity contribution in [2.45, 2.75) is 58.0 Å².